The number of unbranched alkanes of at least 4 members (excludes halogenated alkanes) is 1. The number of carbonyl (C=O) groups is 2. The molecule has 0 spiro atoms. The molecular formula is C15H22N2O3. The van der Waals surface area contributed by atoms with E-state index in [0.29, 0.717) is 24.9 Å². The van der Waals surface area contributed by atoms with Crippen molar-refractivity contribution in [2.24, 2.45) is 5.73 Å². The first-order chi connectivity index (χ1) is 9.60. The van der Waals surface area contributed by atoms with Crippen LogP contribution in [-0.2, 0) is 11.2 Å². The maximum absolute atomic E-state index is 12.2. The molecule has 5 nitrogen and oxygen atoms in total. The summed E-state index contributed by atoms with van der Waals surface area (Å²) in [5.41, 5.74) is 6.86. The molecule has 0 aliphatic carbocycles. The van der Waals surface area contributed by atoms with Crippen molar-refractivity contribution < 1.29 is 14.7 Å². The molecule has 1 aromatic rings. The SMILES string of the molecule is CCCCC(NC(=O)c1ccccc1CCN)C(=O)O. The highest BCUT2D eigenvalue weighted by molar-refractivity contribution is 5.97. The minimum absolute atomic E-state index is 0.349. The molecule has 0 saturated carbocycles. The van der Waals surface area contributed by atoms with Crippen LogP contribution in [0.3, 0.4) is 0 Å². The second kappa shape index (κ2) is 8.32. The molecule has 1 unspecified atom stereocenters. The van der Waals surface area contributed by atoms with Gasteiger partial charge in [-0.1, -0.05) is 38.0 Å². The van der Waals surface area contributed by atoms with E-state index in [1.54, 1.807) is 12.1 Å². The molecule has 1 rings (SSSR count). The van der Waals surface area contributed by atoms with Gasteiger partial charge in [-0.2, -0.15) is 0 Å². The van der Waals surface area contributed by atoms with Gasteiger partial charge in [0.15, 0.2) is 0 Å². The zero-order valence-corrected chi connectivity index (χ0v) is 11.8. The molecule has 1 amide bonds. The van der Waals surface area contributed by atoms with Crippen LogP contribution in [0.25, 0.3) is 0 Å². The Hall–Kier alpha value is -1.88. The van der Waals surface area contributed by atoms with Crippen molar-refractivity contribution in [1.29, 1.82) is 0 Å². The third-order valence-corrected chi connectivity index (χ3v) is 3.13. The third-order valence-electron chi connectivity index (χ3n) is 3.13. The fourth-order valence-electron chi connectivity index (χ4n) is 2.02. The highest BCUT2D eigenvalue weighted by Gasteiger charge is 2.21. The molecule has 0 aliphatic rings. The predicted molar refractivity (Wildman–Crippen MR) is 77.6 cm³/mol. The van der Waals surface area contributed by atoms with Gasteiger partial charge in [-0.3, -0.25) is 4.79 Å². The second-order valence-electron chi connectivity index (χ2n) is 4.70. The quantitative estimate of drug-likeness (QED) is 0.673. The largest absolute Gasteiger partial charge is 0.480 e. The van der Waals surface area contributed by atoms with E-state index in [9.17, 15) is 9.59 Å². The molecule has 1 aromatic carbocycles. The summed E-state index contributed by atoms with van der Waals surface area (Å²) in [7, 11) is 0. The lowest BCUT2D eigenvalue weighted by atomic mass is 10.0. The number of carbonyl (C=O) groups excluding carboxylic acids is 1. The normalized spacial score (nSPS) is 11.9. The van der Waals surface area contributed by atoms with Crippen molar-refractivity contribution in [3.05, 3.63) is 35.4 Å². The fraction of sp³-hybridized carbons (Fsp3) is 0.467. The monoisotopic (exact) mass is 278 g/mol. The van der Waals surface area contributed by atoms with Gasteiger partial charge in [0.25, 0.3) is 5.91 Å². The molecule has 5 heteroatoms. The average molecular weight is 278 g/mol. The maximum atomic E-state index is 12.2. The van der Waals surface area contributed by atoms with E-state index >= 15 is 0 Å². The van der Waals surface area contributed by atoms with Crippen LogP contribution < -0.4 is 11.1 Å². The van der Waals surface area contributed by atoms with Crippen molar-refractivity contribution >= 4 is 11.9 Å². The number of carboxylic acid groups (broad SMARTS) is 1. The van der Waals surface area contributed by atoms with Crippen LogP contribution in [0.15, 0.2) is 24.3 Å². The summed E-state index contributed by atoms with van der Waals surface area (Å²) in [6.07, 6.45) is 2.69. The van der Waals surface area contributed by atoms with Gasteiger partial charge in [0.05, 0.1) is 0 Å². The Morgan fingerprint density at radius 2 is 2.05 bits per heavy atom. The molecule has 0 bridgehead atoms. The summed E-state index contributed by atoms with van der Waals surface area (Å²) in [5, 5.41) is 11.7. The summed E-state index contributed by atoms with van der Waals surface area (Å²) < 4.78 is 0. The number of carboxylic acids is 1. The Labute approximate surface area is 119 Å². The summed E-state index contributed by atoms with van der Waals surface area (Å²) in [5.74, 6) is -1.35. The van der Waals surface area contributed by atoms with Crippen LogP contribution >= 0.6 is 0 Å². The second-order valence-corrected chi connectivity index (χ2v) is 4.70. The van der Waals surface area contributed by atoms with Gasteiger partial charge in [0, 0.05) is 5.56 Å². The number of nitrogens with two attached hydrogens (primary N) is 1. The first kappa shape index (κ1) is 16.2. The number of nitrogens with one attached hydrogen (secondary N) is 1. The number of hydrogen-bond acceptors (Lipinski definition) is 3. The summed E-state index contributed by atoms with van der Waals surface area (Å²) in [6, 6.07) is 6.29. The number of aliphatic carboxylic acids is 1. The topological polar surface area (TPSA) is 92.4 Å². The van der Waals surface area contributed by atoms with Gasteiger partial charge in [-0.15, -0.1) is 0 Å². The van der Waals surface area contributed by atoms with Crippen molar-refractivity contribution in [3.63, 3.8) is 0 Å². The van der Waals surface area contributed by atoms with Gasteiger partial charge in [-0.05, 0) is 31.0 Å². The first-order valence-corrected chi connectivity index (χ1v) is 6.91. The van der Waals surface area contributed by atoms with Crippen LogP contribution in [-0.4, -0.2) is 29.6 Å². The summed E-state index contributed by atoms with van der Waals surface area (Å²) in [4.78, 5) is 23.4. The van der Waals surface area contributed by atoms with Gasteiger partial charge in [0.1, 0.15) is 6.04 Å². The molecule has 0 saturated heterocycles. The van der Waals surface area contributed by atoms with Gasteiger partial charge in [-0.25, -0.2) is 4.79 Å². The lowest BCUT2D eigenvalue weighted by Crippen LogP contribution is -2.41. The first-order valence-electron chi connectivity index (χ1n) is 6.91. The van der Waals surface area contributed by atoms with E-state index in [1.165, 1.54) is 0 Å². The Bertz CT molecular complexity index is 460. The number of benzene rings is 1. The Kier molecular flexibility index (Phi) is 6.73. The van der Waals surface area contributed by atoms with E-state index in [4.69, 9.17) is 10.8 Å². The van der Waals surface area contributed by atoms with Crippen LogP contribution in [0, 0.1) is 0 Å². The van der Waals surface area contributed by atoms with Crippen molar-refractivity contribution in [2.75, 3.05) is 6.54 Å². The van der Waals surface area contributed by atoms with Gasteiger partial charge < -0.3 is 16.2 Å². The Balaban J connectivity index is 2.80. The van der Waals surface area contributed by atoms with E-state index < -0.39 is 12.0 Å². The number of hydrogen-bond donors (Lipinski definition) is 3. The van der Waals surface area contributed by atoms with Crippen LogP contribution in [0.1, 0.15) is 42.1 Å². The molecule has 0 fully saturated rings. The van der Waals surface area contributed by atoms with E-state index in [2.05, 4.69) is 5.32 Å². The Morgan fingerprint density at radius 3 is 2.65 bits per heavy atom. The predicted octanol–water partition coefficient (Wildman–Crippen LogP) is 1.56. The average Bonchev–Trinajstić information content (AvgIpc) is 2.43. The molecule has 110 valence electrons. The summed E-state index contributed by atoms with van der Waals surface area (Å²) >= 11 is 0. The van der Waals surface area contributed by atoms with Crippen LogP contribution in [0.5, 0.6) is 0 Å². The molecule has 0 aliphatic heterocycles. The minimum Gasteiger partial charge on any atom is -0.480 e. The highest BCUT2D eigenvalue weighted by atomic mass is 16.4. The molecule has 1 atom stereocenters. The number of rotatable bonds is 8. The van der Waals surface area contributed by atoms with E-state index in [1.807, 2.05) is 19.1 Å². The minimum atomic E-state index is -0.997. The lowest BCUT2D eigenvalue weighted by molar-refractivity contribution is -0.139. The molecule has 4 N–H and O–H groups in total. The molecular weight excluding hydrogens is 256 g/mol. The van der Waals surface area contributed by atoms with Crippen molar-refractivity contribution in [1.82, 2.24) is 5.32 Å². The standard InChI is InChI=1S/C15H22N2O3/c1-2-3-8-13(15(19)20)17-14(18)12-7-5-4-6-11(12)9-10-16/h4-7,13H,2-3,8-10,16H2,1H3,(H,17,18)(H,19,20). The molecule has 0 aromatic heterocycles. The number of amides is 1. The summed E-state index contributed by atoms with van der Waals surface area (Å²) in [6.45, 7) is 2.43. The smallest absolute Gasteiger partial charge is 0.326 e. The Morgan fingerprint density at radius 1 is 1.35 bits per heavy atom. The molecule has 0 radical (unpaired) electrons. The zero-order chi connectivity index (χ0) is 15.0. The van der Waals surface area contributed by atoms with Crippen molar-refractivity contribution in [3.8, 4) is 0 Å². The van der Waals surface area contributed by atoms with E-state index in [-0.39, 0.29) is 5.91 Å². The zero-order valence-electron chi connectivity index (χ0n) is 11.8. The lowest BCUT2D eigenvalue weighted by Gasteiger charge is -2.15. The third kappa shape index (κ3) is 4.66. The molecule has 20 heavy (non-hydrogen) atoms. The highest BCUT2D eigenvalue weighted by Crippen LogP contribution is 2.10. The van der Waals surface area contributed by atoms with Gasteiger partial charge in [0.2, 0.25) is 0 Å². The van der Waals surface area contributed by atoms with Gasteiger partial charge >= 0.3 is 5.97 Å². The van der Waals surface area contributed by atoms with E-state index in [0.717, 1.165) is 18.4 Å². The fourth-order valence-corrected chi connectivity index (χ4v) is 2.02. The van der Waals surface area contributed by atoms with Crippen LogP contribution in [0.4, 0.5) is 0 Å². The maximum Gasteiger partial charge on any atom is 0.326 e. The molecule has 0 heterocycles. The van der Waals surface area contributed by atoms with Crippen LogP contribution in [0.2, 0.25) is 0 Å². The van der Waals surface area contributed by atoms with Crippen molar-refractivity contribution in [2.45, 2.75) is 38.6 Å².